The van der Waals surface area contributed by atoms with E-state index in [1.54, 1.807) is 26.0 Å². The van der Waals surface area contributed by atoms with Crippen LogP contribution in [0.5, 0.6) is 11.5 Å². The minimum absolute atomic E-state index is 0.0439. The molecule has 0 radical (unpaired) electrons. The molecule has 0 aliphatic heterocycles. The van der Waals surface area contributed by atoms with Gasteiger partial charge in [0.2, 0.25) is 0 Å². The van der Waals surface area contributed by atoms with Crippen molar-refractivity contribution in [1.29, 1.82) is 0 Å². The van der Waals surface area contributed by atoms with Gasteiger partial charge in [-0.15, -0.1) is 0 Å². The van der Waals surface area contributed by atoms with Gasteiger partial charge in [-0.05, 0) is 75.4 Å². The summed E-state index contributed by atoms with van der Waals surface area (Å²) in [6.45, 7) is 9.15. The summed E-state index contributed by atoms with van der Waals surface area (Å²) in [4.78, 5) is 35.9. The second kappa shape index (κ2) is 11.9. The summed E-state index contributed by atoms with van der Waals surface area (Å²) in [5.74, 6) is -0.309. The number of hydrogen-bond donors (Lipinski definition) is 3. The van der Waals surface area contributed by atoms with Gasteiger partial charge in [-0.2, -0.15) is 0 Å². The van der Waals surface area contributed by atoms with Gasteiger partial charge in [0, 0.05) is 18.2 Å². The van der Waals surface area contributed by atoms with Crippen molar-refractivity contribution in [2.45, 2.75) is 59.5 Å². The van der Waals surface area contributed by atoms with Crippen molar-refractivity contribution < 1.29 is 29.0 Å². The third-order valence-electron chi connectivity index (χ3n) is 5.10. The van der Waals surface area contributed by atoms with Crippen LogP contribution in [0.4, 0.5) is 4.79 Å². The fourth-order valence-electron chi connectivity index (χ4n) is 3.30. The molecule has 34 heavy (non-hydrogen) atoms. The normalized spacial score (nSPS) is 12.7. The van der Waals surface area contributed by atoms with Gasteiger partial charge in [0.25, 0.3) is 0 Å². The van der Waals surface area contributed by atoms with Crippen LogP contribution in [0.25, 0.3) is 6.08 Å². The molecule has 0 saturated carbocycles. The van der Waals surface area contributed by atoms with Crippen LogP contribution in [0, 0.1) is 6.92 Å². The van der Waals surface area contributed by atoms with E-state index in [-0.39, 0.29) is 23.4 Å². The molecule has 1 aromatic carbocycles. The Morgan fingerprint density at radius 2 is 1.91 bits per heavy atom. The minimum Gasteiger partial charge on any atom is -0.507 e. The lowest BCUT2D eigenvalue weighted by Gasteiger charge is -2.12. The van der Waals surface area contributed by atoms with Gasteiger partial charge >= 0.3 is 11.7 Å². The molecule has 8 nitrogen and oxygen atoms in total. The lowest BCUT2D eigenvalue weighted by Crippen LogP contribution is -2.16. The van der Waals surface area contributed by atoms with E-state index in [0.29, 0.717) is 12.8 Å². The van der Waals surface area contributed by atoms with Gasteiger partial charge in [0.1, 0.15) is 22.8 Å². The van der Waals surface area contributed by atoms with E-state index in [9.17, 15) is 19.5 Å². The Kier molecular flexibility index (Phi) is 9.24. The van der Waals surface area contributed by atoms with Crippen molar-refractivity contribution in [2.75, 3.05) is 0 Å². The Morgan fingerprint density at radius 3 is 2.50 bits per heavy atom. The molecule has 0 bridgehead atoms. The van der Waals surface area contributed by atoms with Crippen LogP contribution in [-0.2, 0) is 0 Å². The maximum Gasteiger partial charge on any atom is 0.408 e. The van der Waals surface area contributed by atoms with E-state index in [1.165, 1.54) is 12.3 Å². The highest BCUT2D eigenvalue weighted by Gasteiger charge is 2.22. The lowest BCUT2D eigenvalue weighted by atomic mass is 9.98. The van der Waals surface area contributed by atoms with Crippen molar-refractivity contribution >= 4 is 18.0 Å². The molecule has 0 fully saturated rings. The summed E-state index contributed by atoms with van der Waals surface area (Å²) in [5, 5.41) is 21.1. The lowest BCUT2D eigenvalue weighted by molar-refractivity contribution is 0.102. The van der Waals surface area contributed by atoms with Gasteiger partial charge in [0.05, 0.1) is 6.10 Å². The number of aromatic hydroxyl groups is 1. The van der Waals surface area contributed by atoms with Crippen LogP contribution in [0.2, 0.25) is 0 Å². The first-order chi connectivity index (χ1) is 16.0. The Hall–Kier alpha value is -3.81. The van der Waals surface area contributed by atoms with E-state index in [4.69, 9.17) is 14.3 Å². The van der Waals surface area contributed by atoms with Gasteiger partial charge in [-0.1, -0.05) is 19.1 Å². The summed E-state index contributed by atoms with van der Waals surface area (Å²) < 4.78 is 11.0. The zero-order valence-electron chi connectivity index (χ0n) is 20.0. The average molecular weight is 470 g/mol. The number of carbonyl (C=O) groups is 2. The molecule has 1 atom stereocenters. The van der Waals surface area contributed by atoms with Crippen molar-refractivity contribution in [3.63, 3.8) is 0 Å². The summed E-state index contributed by atoms with van der Waals surface area (Å²) >= 11 is 0. The second-order valence-corrected chi connectivity index (χ2v) is 8.37. The van der Waals surface area contributed by atoms with Gasteiger partial charge < -0.3 is 19.4 Å². The van der Waals surface area contributed by atoms with Gasteiger partial charge in [0.15, 0.2) is 5.78 Å². The monoisotopic (exact) mass is 469 g/mol. The fourth-order valence-corrected chi connectivity index (χ4v) is 3.30. The third kappa shape index (κ3) is 7.37. The Bertz CT molecular complexity index is 1160. The first-order valence-electron chi connectivity index (χ1n) is 11.0. The molecule has 2 rings (SSSR count). The van der Waals surface area contributed by atoms with Gasteiger partial charge in [-0.25, -0.2) is 9.59 Å². The van der Waals surface area contributed by atoms with Crippen LogP contribution < -0.4 is 15.7 Å². The number of amides is 1. The number of carboxylic acid groups (broad SMARTS) is 1. The number of ether oxygens (including phenoxy) is 1. The maximum absolute atomic E-state index is 12.9. The number of rotatable bonds is 10. The molecule has 2 aromatic rings. The number of aryl methyl sites for hydroxylation is 1. The van der Waals surface area contributed by atoms with Crippen LogP contribution >= 0.6 is 0 Å². The minimum atomic E-state index is -1.16. The Labute approximate surface area is 198 Å². The third-order valence-corrected chi connectivity index (χ3v) is 5.10. The zero-order valence-corrected chi connectivity index (χ0v) is 20.0. The second-order valence-electron chi connectivity index (χ2n) is 8.37. The fraction of sp³-hybridized carbons (Fsp3) is 0.346. The Balaban J connectivity index is 2.19. The molecular formula is C26H31NO7. The molecule has 1 unspecified atom stereocenters. The molecule has 1 aromatic heterocycles. The summed E-state index contributed by atoms with van der Waals surface area (Å²) in [5.41, 5.74) is 0.660. The van der Waals surface area contributed by atoms with Crippen LogP contribution in [-0.4, -0.2) is 28.2 Å². The molecule has 0 spiro atoms. The van der Waals surface area contributed by atoms with E-state index in [1.807, 2.05) is 39.0 Å². The molecular weight excluding hydrogens is 438 g/mol. The van der Waals surface area contributed by atoms with Crippen molar-refractivity contribution in [3.05, 3.63) is 75.0 Å². The average Bonchev–Trinajstić information content (AvgIpc) is 2.73. The number of nitrogens with one attached hydrogen (secondary N) is 1. The molecule has 0 aliphatic carbocycles. The first kappa shape index (κ1) is 26.4. The first-order valence-corrected chi connectivity index (χ1v) is 11.0. The van der Waals surface area contributed by atoms with E-state index in [2.05, 4.69) is 5.32 Å². The van der Waals surface area contributed by atoms with Crippen LogP contribution in [0.3, 0.4) is 0 Å². The largest absolute Gasteiger partial charge is 0.507 e. The number of allylic oxidation sites excluding steroid dienone is 2. The van der Waals surface area contributed by atoms with Crippen LogP contribution in [0.15, 0.2) is 51.3 Å². The molecule has 1 amide bonds. The smallest absolute Gasteiger partial charge is 0.408 e. The van der Waals surface area contributed by atoms with Crippen molar-refractivity contribution in [1.82, 2.24) is 5.32 Å². The standard InChI is InChI=1S/C26H31NO7/c1-15(2)33-20-10-9-19(17(4)13-20)12-18(5)24(29)23-21(28)14-22(34-25(23)30)16(3)8-6-7-11-27-26(31)32/h7,9-16,27-28H,6,8H2,1-5H3,(H,31,32)/b11-7+,18-12+. The molecule has 8 heteroatoms. The molecule has 0 saturated heterocycles. The zero-order chi connectivity index (χ0) is 25.4. The highest BCUT2D eigenvalue weighted by molar-refractivity contribution is 6.12. The van der Waals surface area contributed by atoms with Crippen LogP contribution in [0.1, 0.15) is 73.7 Å². The summed E-state index contributed by atoms with van der Waals surface area (Å²) in [6.07, 6.45) is 4.56. The Morgan fingerprint density at radius 1 is 1.21 bits per heavy atom. The SMILES string of the molecule is C/C(=C\c1ccc(OC(C)C)cc1C)C(=O)c1c(O)cc(C(C)CC/C=C/NC(=O)O)oc1=O. The van der Waals surface area contributed by atoms with E-state index < -0.39 is 28.8 Å². The quantitative estimate of drug-likeness (QED) is 0.314. The molecule has 3 N–H and O–H groups in total. The maximum atomic E-state index is 12.9. The number of carbonyl (C=O) groups excluding carboxylic acids is 1. The predicted molar refractivity (Wildman–Crippen MR) is 130 cm³/mol. The molecule has 0 aliphatic rings. The summed E-state index contributed by atoms with van der Waals surface area (Å²) in [7, 11) is 0. The van der Waals surface area contributed by atoms with Crippen molar-refractivity contribution in [3.8, 4) is 11.5 Å². The van der Waals surface area contributed by atoms with E-state index in [0.717, 1.165) is 16.9 Å². The van der Waals surface area contributed by atoms with Crippen molar-refractivity contribution in [2.24, 2.45) is 0 Å². The number of hydrogen-bond acceptors (Lipinski definition) is 6. The number of ketones is 1. The number of Topliss-reactive ketones (excluding diaryl/α,β-unsaturated/α-hetero) is 1. The number of benzene rings is 1. The van der Waals surface area contributed by atoms with Gasteiger partial charge in [-0.3, -0.25) is 10.1 Å². The predicted octanol–water partition coefficient (Wildman–Crippen LogP) is 5.39. The van der Waals surface area contributed by atoms with E-state index >= 15 is 0 Å². The topological polar surface area (TPSA) is 126 Å². The summed E-state index contributed by atoms with van der Waals surface area (Å²) in [6, 6.07) is 6.80. The molecule has 182 valence electrons. The molecule has 1 heterocycles. The highest BCUT2D eigenvalue weighted by atomic mass is 16.5. The highest BCUT2D eigenvalue weighted by Crippen LogP contribution is 2.27.